The fourth-order valence-corrected chi connectivity index (χ4v) is 4.34. The Hall–Kier alpha value is -2.08. The van der Waals surface area contributed by atoms with Gasteiger partial charge in [-0.25, -0.2) is 9.69 Å². The zero-order valence-electron chi connectivity index (χ0n) is 15.4. The molecule has 3 amide bonds. The van der Waals surface area contributed by atoms with Gasteiger partial charge in [0.25, 0.3) is 5.91 Å². The van der Waals surface area contributed by atoms with E-state index in [1.807, 2.05) is 12.1 Å². The second kappa shape index (κ2) is 6.91. The van der Waals surface area contributed by atoms with E-state index in [2.05, 4.69) is 17.4 Å². The molecular formula is C20H28N3O3+. The molecule has 26 heavy (non-hydrogen) atoms. The first-order chi connectivity index (χ1) is 12.6. The number of carbonyl (C=O) groups excluding carboxylic acids is 2. The predicted octanol–water partition coefficient (Wildman–Crippen LogP) is 1.45. The summed E-state index contributed by atoms with van der Waals surface area (Å²) in [6.45, 7) is 1.28. The molecule has 140 valence electrons. The molecule has 3 fully saturated rings. The first kappa shape index (κ1) is 17.3. The Morgan fingerprint density at radius 3 is 2.46 bits per heavy atom. The normalized spacial score (nSPS) is 23.2. The molecule has 6 heteroatoms. The van der Waals surface area contributed by atoms with E-state index in [-0.39, 0.29) is 11.9 Å². The van der Waals surface area contributed by atoms with E-state index >= 15 is 0 Å². The molecule has 0 bridgehead atoms. The zero-order chi connectivity index (χ0) is 18.1. The molecule has 0 radical (unpaired) electrons. The highest BCUT2D eigenvalue weighted by atomic mass is 16.5. The maximum absolute atomic E-state index is 13.0. The Kier molecular flexibility index (Phi) is 4.61. The molecule has 2 N–H and O–H groups in total. The number of carbonyl (C=O) groups is 2. The SMILES string of the molecule is COc1ccc(C[NH+](CN2C(=O)NC3(CCCCC3)C2=O)C2CC2)cc1. The molecule has 1 aromatic carbocycles. The Morgan fingerprint density at radius 1 is 1.15 bits per heavy atom. The molecule has 2 aliphatic carbocycles. The number of urea groups is 1. The minimum atomic E-state index is -0.621. The largest absolute Gasteiger partial charge is 0.497 e. The van der Waals surface area contributed by atoms with Crippen LogP contribution in [0.1, 0.15) is 50.5 Å². The number of imide groups is 1. The van der Waals surface area contributed by atoms with Crippen molar-refractivity contribution >= 4 is 11.9 Å². The maximum atomic E-state index is 13.0. The first-order valence-corrected chi connectivity index (χ1v) is 9.73. The Bertz CT molecular complexity index is 678. The van der Waals surface area contributed by atoms with E-state index in [9.17, 15) is 9.59 Å². The molecular weight excluding hydrogens is 330 g/mol. The molecule has 0 aromatic heterocycles. The minimum Gasteiger partial charge on any atom is -0.497 e. The van der Waals surface area contributed by atoms with Crippen LogP contribution >= 0.6 is 0 Å². The Balaban J connectivity index is 1.46. The molecule has 1 aromatic rings. The summed E-state index contributed by atoms with van der Waals surface area (Å²) in [5.41, 5.74) is 0.580. The number of benzene rings is 1. The summed E-state index contributed by atoms with van der Waals surface area (Å²) in [6, 6.07) is 8.39. The molecule has 6 nitrogen and oxygen atoms in total. The third kappa shape index (κ3) is 3.30. The second-order valence-electron chi connectivity index (χ2n) is 7.92. The second-order valence-corrected chi connectivity index (χ2v) is 7.92. The van der Waals surface area contributed by atoms with E-state index in [1.54, 1.807) is 7.11 Å². The van der Waals surface area contributed by atoms with Gasteiger partial charge in [-0.15, -0.1) is 0 Å². The van der Waals surface area contributed by atoms with Gasteiger partial charge in [0.15, 0.2) is 6.67 Å². The van der Waals surface area contributed by atoms with Crippen LogP contribution in [-0.4, -0.2) is 42.2 Å². The van der Waals surface area contributed by atoms with Crippen molar-refractivity contribution in [1.29, 1.82) is 0 Å². The number of rotatable bonds is 6. The number of methoxy groups -OCH3 is 1. The molecule has 1 unspecified atom stereocenters. The fourth-order valence-electron chi connectivity index (χ4n) is 4.34. The number of nitrogens with one attached hydrogen (secondary N) is 2. The molecule has 1 spiro atoms. The van der Waals surface area contributed by atoms with E-state index < -0.39 is 5.54 Å². The van der Waals surface area contributed by atoms with Crippen molar-refractivity contribution in [2.75, 3.05) is 13.8 Å². The van der Waals surface area contributed by atoms with Crippen LogP contribution in [0.4, 0.5) is 4.79 Å². The van der Waals surface area contributed by atoms with Crippen LogP contribution in [-0.2, 0) is 11.3 Å². The van der Waals surface area contributed by atoms with Gasteiger partial charge in [-0.1, -0.05) is 19.3 Å². The smallest absolute Gasteiger partial charge is 0.329 e. The van der Waals surface area contributed by atoms with Gasteiger partial charge in [-0.05, 0) is 37.1 Å². The highest BCUT2D eigenvalue weighted by Gasteiger charge is 2.53. The van der Waals surface area contributed by atoms with E-state index in [0.29, 0.717) is 12.7 Å². The zero-order valence-corrected chi connectivity index (χ0v) is 15.4. The average Bonchev–Trinajstić information content (AvgIpc) is 3.48. The van der Waals surface area contributed by atoms with Gasteiger partial charge in [0.1, 0.15) is 17.8 Å². The number of nitrogens with zero attached hydrogens (tertiary/aromatic N) is 1. The van der Waals surface area contributed by atoms with Crippen molar-refractivity contribution in [2.24, 2.45) is 0 Å². The molecule has 4 rings (SSSR count). The number of hydrogen-bond acceptors (Lipinski definition) is 3. The highest BCUT2D eigenvalue weighted by Crippen LogP contribution is 2.33. The van der Waals surface area contributed by atoms with Gasteiger partial charge in [0.05, 0.1) is 13.2 Å². The van der Waals surface area contributed by atoms with Crippen LogP contribution in [0.2, 0.25) is 0 Å². The standard InChI is InChI=1S/C20H27N3O3/c1-26-17-9-5-15(6-10-17)13-22(16-7-8-16)14-23-18(24)20(21-19(23)25)11-3-2-4-12-20/h5-6,9-10,16H,2-4,7-8,11-14H2,1H3,(H,21,25)/p+1. The van der Waals surface area contributed by atoms with Crippen LogP contribution in [0.15, 0.2) is 24.3 Å². The highest BCUT2D eigenvalue weighted by molar-refractivity contribution is 6.06. The van der Waals surface area contributed by atoms with Crippen LogP contribution < -0.4 is 15.0 Å². The minimum absolute atomic E-state index is 0.00455. The van der Waals surface area contributed by atoms with E-state index in [1.165, 1.54) is 28.2 Å². The first-order valence-electron chi connectivity index (χ1n) is 9.73. The van der Waals surface area contributed by atoms with Gasteiger partial charge < -0.3 is 15.0 Å². The quantitative estimate of drug-likeness (QED) is 0.757. The summed E-state index contributed by atoms with van der Waals surface area (Å²) in [6.07, 6.45) is 7.09. The van der Waals surface area contributed by atoms with Gasteiger partial charge >= 0.3 is 6.03 Å². The fraction of sp³-hybridized carbons (Fsp3) is 0.600. The third-order valence-electron chi connectivity index (χ3n) is 6.06. The summed E-state index contributed by atoms with van der Waals surface area (Å²) < 4.78 is 5.22. The number of ether oxygens (including phenoxy) is 1. The van der Waals surface area contributed by atoms with Crippen LogP contribution in [0, 0.1) is 0 Å². The topological polar surface area (TPSA) is 63.1 Å². The lowest BCUT2D eigenvalue weighted by Crippen LogP contribution is -3.13. The molecule has 1 aliphatic heterocycles. The molecule has 3 aliphatic rings. The molecule has 1 heterocycles. The number of hydrogen-bond donors (Lipinski definition) is 2. The molecule has 2 saturated carbocycles. The maximum Gasteiger partial charge on any atom is 0.329 e. The molecule has 1 saturated heterocycles. The van der Waals surface area contributed by atoms with Crippen LogP contribution in [0.5, 0.6) is 5.75 Å². The van der Waals surface area contributed by atoms with Crippen molar-refractivity contribution in [1.82, 2.24) is 10.2 Å². The lowest BCUT2D eigenvalue weighted by molar-refractivity contribution is -0.931. The average molecular weight is 358 g/mol. The van der Waals surface area contributed by atoms with Crippen molar-refractivity contribution in [3.05, 3.63) is 29.8 Å². The van der Waals surface area contributed by atoms with Gasteiger partial charge in [-0.2, -0.15) is 0 Å². The summed E-state index contributed by atoms with van der Waals surface area (Å²) in [5, 5.41) is 3.02. The summed E-state index contributed by atoms with van der Waals surface area (Å²) >= 11 is 0. The summed E-state index contributed by atoms with van der Waals surface area (Å²) in [5.74, 6) is 0.838. The van der Waals surface area contributed by atoms with Crippen molar-refractivity contribution < 1.29 is 19.2 Å². The van der Waals surface area contributed by atoms with Crippen molar-refractivity contribution in [3.8, 4) is 5.75 Å². The van der Waals surface area contributed by atoms with E-state index in [0.717, 1.165) is 44.4 Å². The third-order valence-corrected chi connectivity index (χ3v) is 6.06. The van der Waals surface area contributed by atoms with E-state index in [4.69, 9.17) is 4.74 Å². The van der Waals surface area contributed by atoms with Crippen molar-refractivity contribution in [2.45, 2.75) is 63.1 Å². The predicted molar refractivity (Wildman–Crippen MR) is 96.7 cm³/mol. The molecule has 1 atom stereocenters. The Labute approximate surface area is 154 Å². The summed E-state index contributed by atoms with van der Waals surface area (Å²) in [4.78, 5) is 28.3. The number of quaternary nitrogens is 1. The van der Waals surface area contributed by atoms with Crippen LogP contribution in [0.3, 0.4) is 0 Å². The monoisotopic (exact) mass is 358 g/mol. The van der Waals surface area contributed by atoms with Crippen LogP contribution in [0.25, 0.3) is 0 Å². The Morgan fingerprint density at radius 2 is 1.85 bits per heavy atom. The lowest BCUT2D eigenvalue weighted by Gasteiger charge is -2.30. The van der Waals surface area contributed by atoms with Gasteiger partial charge in [-0.3, -0.25) is 4.79 Å². The summed E-state index contributed by atoms with van der Waals surface area (Å²) in [7, 11) is 1.66. The van der Waals surface area contributed by atoms with Crippen molar-refractivity contribution in [3.63, 3.8) is 0 Å². The number of amides is 3. The van der Waals surface area contributed by atoms with Gasteiger partial charge in [0, 0.05) is 18.4 Å². The lowest BCUT2D eigenvalue weighted by atomic mass is 9.82. The van der Waals surface area contributed by atoms with Gasteiger partial charge in [0.2, 0.25) is 0 Å².